The lowest BCUT2D eigenvalue weighted by molar-refractivity contribution is -0.365. The molecule has 472 valence electrons. The molecule has 0 saturated carbocycles. The molecule has 9 unspecified atom stereocenters. The van der Waals surface area contributed by atoms with Gasteiger partial charge in [-0.25, -0.2) is 9.59 Å². The first-order valence-electron chi connectivity index (χ1n) is 29.4. The number of hydrogen-bond acceptors (Lipinski definition) is 20. The fourth-order valence-corrected chi connectivity index (χ4v) is 10.9. The van der Waals surface area contributed by atoms with Gasteiger partial charge in [0.15, 0.2) is 25.0 Å². The first-order valence-corrected chi connectivity index (χ1v) is 29.4. The third-order valence-electron chi connectivity index (χ3n) is 15.2. The van der Waals surface area contributed by atoms with Crippen molar-refractivity contribution in [3.63, 3.8) is 0 Å². The number of carbonyl (C=O) groups is 4. The van der Waals surface area contributed by atoms with E-state index in [-0.39, 0.29) is 39.6 Å². The minimum atomic E-state index is -1.76. The van der Waals surface area contributed by atoms with Gasteiger partial charge >= 0.3 is 24.0 Å². The normalized spacial score (nSPS) is 27.0. The molecule has 25 nitrogen and oxygen atoms in total. The molecule has 15 atom stereocenters. The van der Waals surface area contributed by atoms with Gasteiger partial charge in [0.25, 0.3) is 0 Å². The lowest BCUT2D eigenvalue weighted by Crippen LogP contribution is -2.67. The molecule has 0 aromatic heterocycles. The number of azide groups is 2. The third kappa shape index (κ3) is 18.3. The molecule has 4 aliphatic heterocycles. The number of benzene rings is 5. The number of amides is 1. The standard InChI is InChI=1S/C64H73N7O18/c1-41(72)78-39-48-52(77-33-21-9-20-32-71(34-43-22-10-4-11-23-43)64(75)83-38-47-30-18-8-19-31-47)54(79-35-44-24-12-5-13-25-44)50(67-69-65)62(86-48)88-57-56(80-36-45-26-14-6-15-27-45)59(81-37-46-28-16-7-17-29-46)63(89-58(57)60(74)76-3)87-53-49-40-82-61(85-49)51(68-70-66)55(53)84-42(2)73/h4-8,10-19,22-31,48-59,61-63H,9,20-21,32-40H2,1-3H3/t48?,49?,50?,51?,52-,53+,54?,55?,56?,57+,58?,59?,61-,62-,63-/m1/s1. The van der Waals surface area contributed by atoms with E-state index in [1.54, 1.807) is 4.90 Å². The lowest BCUT2D eigenvalue weighted by Gasteiger charge is -2.50. The smallest absolute Gasteiger partial charge is 0.410 e. The maximum absolute atomic E-state index is 14.5. The Morgan fingerprint density at radius 1 is 0.539 bits per heavy atom. The Balaban J connectivity index is 1.02. The van der Waals surface area contributed by atoms with Crippen LogP contribution in [0.15, 0.2) is 162 Å². The Bertz CT molecular complexity index is 3120. The van der Waals surface area contributed by atoms with E-state index in [1.165, 1.54) is 13.8 Å². The molecular formula is C64H73N7O18. The van der Waals surface area contributed by atoms with E-state index in [0.29, 0.717) is 37.9 Å². The Morgan fingerprint density at radius 3 is 1.64 bits per heavy atom. The van der Waals surface area contributed by atoms with Crippen LogP contribution < -0.4 is 0 Å². The van der Waals surface area contributed by atoms with Gasteiger partial charge < -0.3 is 71.2 Å². The van der Waals surface area contributed by atoms with Gasteiger partial charge in [-0.15, -0.1) is 0 Å². The molecule has 0 aliphatic carbocycles. The van der Waals surface area contributed by atoms with Crippen LogP contribution in [-0.2, 0) is 114 Å². The predicted octanol–water partition coefficient (Wildman–Crippen LogP) is 9.14. The van der Waals surface area contributed by atoms with Crippen molar-refractivity contribution in [3.8, 4) is 0 Å². The van der Waals surface area contributed by atoms with Gasteiger partial charge in [0.05, 0.1) is 33.5 Å². The number of fused-ring (bicyclic) bond motifs is 2. The molecule has 0 N–H and O–H groups in total. The molecule has 2 bridgehead atoms. The molecular weight excluding hydrogens is 1150 g/mol. The topological polar surface area (TPSA) is 298 Å². The molecule has 5 aromatic rings. The summed E-state index contributed by atoms with van der Waals surface area (Å²) >= 11 is 0. The second-order valence-corrected chi connectivity index (χ2v) is 21.5. The quantitative estimate of drug-likeness (QED) is 0.0103. The molecule has 4 heterocycles. The number of esters is 3. The van der Waals surface area contributed by atoms with E-state index in [1.807, 2.05) is 152 Å². The number of hydrogen-bond donors (Lipinski definition) is 0. The minimum absolute atomic E-state index is 0.0193. The van der Waals surface area contributed by atoms with Gasteiger partial charge in [-0.05, 0) is 58.1 Å². The van der Waals surface area contributed by atoms with Crippen LogP contribution in [0.5, 0.6) is 0 Å². The largest absolute Gasteiger partial charge is 0.467 e. The molecule has 4 fully saturated rings. The summed E-state index contributed by atoms with van der Waals surface area (Å²) < 4.78 is 88.9. The molecule has 25 heteroatoms. The van der Waals surface area contributed by atoms with Crippen LogP contribution in [0.4, 0.5) is 4.79 Å². The van der Waals surface area contributed by atoms with Crippen molar-refractivity contribution in [2.45, 2.75) is 158 Å². The average molecular weight is 1230 g/mol. The van der Waals surface area contributed by atoms with Gasteiger partial charge in [-0.2, -0.15) is 0 Å². The van der Waals surface area contributed by atoms with Crippen LogP contribution in [0, 0.1) is 0 Å². The van der Waals surface area contributed by atoms with Crippen molar-refractivity contribution in [2.24, 2.45) is 10.2 Å². The Labute approximate surface area is 514 Å². The number of ether oxygens (including phenoxy) is 14. The molecule has 9 rings (SSSR count). The van der Waals surface area contributed by atoms with Gasteiger partial charge in [-0.3, -0.25) is 9.59 Å². The van der Waals surface area contributed by atoms with Crippen LogP contribution in [0.1, 0.15) is 60.9 Å². The minimum Gasteiger partial charge on any atom is -0.467 e. The number of unbranched alkanes of at least 4 members (excludes halogenated alkanes) is 2. The maximum atomic E-state index is 14.5. The number of nitrogens with zero attached hydrogens (tertiary/aromatic N) is 7. The summed E-state index contributed by atoms with van der Waals surface area (Å²) in [4.78, 5) is 61.4. The highest BCUT2D eigenvalue weighted by Crippen LogP contribution is 2.40. The summed E-state index contributed by atoms with van der Waals surface area (Å²) in [5, 5.41) is 8.13. The van der Waals surface area contributed by atoms with Crippen molar-refractivity contribution < 1.29 is 85.5 Å². The Kier molecular flexibility index (Phi) is 24.7. The molecule has 4 saturated heterocycles. The predicted molar refractivity (Wildman–Crippen MR) is 314 cm³/mol. The van der Waals surface area contributed by atoms with E-state index in [9.17, 15) is 30.2 Å². The SMILES string of the molecule is COC(=O)C1O[C@@H](O[C@H]2C3CO[C@H](O3)C(N=[N+]=[N-])C2OC(C)=O)C(OCc2ccccc2)C(OCc2ccccc2)[C@@H]1O[C@H]1OC(COC(C)=O)[C@@H](OCCCCCN(Cc2ccccc2)C(=O)OCc2ccccc2)C(OCc2ccccc2)C1N=[N+]=[N-]. The second kappa shape index (κ2) is 33.5. The van der Waals surface area contributed by atoms with Crippen LogP contribution in [0.25, 0.3) is 20.9 Å². The van der Waals surface area contributed by atoms with E-state index in [4.69, 9.17) is 66.3 Å². The van der Waals surface area contributed by atoms with Gasteiger partial charge in [0.1, 0.15) is 80.2 Å². The zero-order chi connectivity index (χ0) is 62.3. The highest BCUT2D eigenvalue weighted by molar-refractivity contribution is 5.75. The zero-order valence-electron chi connectivity index (χ0n) is 49.6. The molecule has 4 aliphatic rings. The van der Waals surface area contributed by atoms with Gasteiger partial charge in [0.2, 0.25) is 0 Å². The van der Waals surface area contributed by atoms with Crippen LogP contribution in [-0.4, -0.2) is 154 Å². The highest BCUT2D eigenvalue weighted by atomic mass is 16.8. The summed E-state index contributed by atoms with van der Waals surface area (Å²) in [7, 11) is 1.15. The van der Waals surface area contributed by atoms with E-state index in [0.717, 1.165) is 29.4 Å². The monoisotopic (exact) mass is 1230 g/mol. The van der Waals surface area contributed by atoms with E-state index >= 15 is 0 Å². The Morgan fingerprint density at radius 2 is 1.08 bits per heavy atom. The van der Waals surface area contributed by atoms with Crippen LogP contribution >= 0.6 is 0 Å². The summed E-state index contributed by atoms with van der Waals surface area (Å²) in [5.41, 5.74) is 24.1. The molecule has 0 radical (unpaired) electrons. The van der Waals surface area contributed by atoms with Gasteiger partial charge in [-0.1, -0.05) is 162 Å². The lowest BCUT2D eigenvalue weighted by atomic mass is 9.94. The molecule has 0 spiro atoms. The zero-order valence-corrected chi connectivity index (χ0v) is 49.6. The number of rotatable bonds is 30. The van der Waals surface area contributed by atoms with Crippen molar-refractivity contribution in [1.29, 1.82) is 0 Å². The summed E-state index contributed by atoms with van der Waals surface area (Å²) in [6.45, 7) is 2.71. The first-order chi connectivity index (χ1) is 43.5. The fourth-order valence-electron chi connectivity index (χ4n) is 10.9. The second-order valence-electron chi connectivity index (χ2n) is 21.5. The van der Waals surface area contributed by atoms with E-state index < -0.39 is 123 Å². The highest BCUT2D eigenvalue weighted by Gasteiger charge is 2.59. The van der Waals surface area contributed by atoms with E-state index in [2.05, 4.69) is 20.1 Å². The van der Waals surface area contributed by atoms with Crippen molar-refractivity contribution in [2.75, 3.05) is 33.5 Å². The first kappa shape index (κ1) is 65.4. The molecule has 1 amide bonds. The summed E-state index contributed by atoms with van der Waals surface area (Å²) in [5.74, 6) is -2.33. The summed E-state index contributed by atoms with van der Waals surface area (Å²) in [6.07, 6.45) is -16.1. The molecule has 89 heavy (non-hydrogen) atoms. The third-order valence-corrected chi connectivity index (χ3v) is 15.2. The maximum Gasteiger partial charge on any atom is 0.410 e. The summed E-state index contributed by atoms with van der Waals surface area (Å²) in [6, 6.07) is 44.0. The van der Waals surface area contributed by atoms with Crippen molar-refractivity contribution in [3.05, 3.63) is 200 Å². The number of methoxy groups -OCH3 is 1. The fraction of sp³-hybridized carbons (Fsp3) is 0.469. The molecule has 5 aromatic carbocycles. The Hall–Kier alpha value is -8.00. The van der Waals surface area contributed by atoms with Crippen molar-refractivity contribution >= 4 is 24.0 Å². The van der Waals surface area contributed by atoms with Crippen molar-refractivity contribution in [1.82, 2.24) is 4.90 Å². The van der Waals surface area contributed by atoms with Gasteiger partial charge in [0, 0.05) is 43.4 Å². The van der Waals surface area contributed by atoms with Crippen LogP contribution in [0.3, 0.4) is 0 Å². The average Bonchev–Trinajstić information content (AvgIpc) is 1.87. The number of carbonyl (C=O) groups excluding carboxylic acids is 4. The van der Waals surface area contributed by atoms with Crippen LogP contribution in [0.2, 0.25) is 0 Å².